The zero-order chi connectivity index (χ0) is 19.3. The Balaban J connectivity index is 1.77. The van der Waals surface area contributed by atoms with E-state index in [1.54, 1.807) is 0 Å². The SMILES string of the molecule is CCC1CCC(P(c2ccccc2)c2ccccc2)C1[P+](=O)c1ccccc1. The first-order valence-corrected chi connectivity index (χ1v) is 12.9. The van der Waals surface area contributed by atoms with Crippen LogP contribution >= 0.6 is 15.7 Å². The molecule has 1 nitrogen and oxygen atoms in total. The van der Waals surface area contributed by atoms with Crippen LogP contribution in [0.4, 0.5) is 0 Å². The van der Waals surface area contributed by atoms with Crippen molar-refractivity contribution in [2.75, 3.05) is 0 Å². The summed E-state index contributed by atoms with van der Waals surface area (Å²) in [5.41, 5.74) is 0.725. The molecule has 0 N–H and O–H groups in total. The molecule has 28 heavy (non-hydrogen) atoms. The molecule has 4 rings (SSSR count). The molecule has 1 aliphatic rings. The van der Waals surface area contributed by atoms with Gasteiger partial charge < -0.3 is 0 Å². The smallest absolute Gasteiger partial charge is 0.0677 e. The lowest BCUT2D eigenvalue weighted by Gasteiger charge is -2.27. The minimum Gasteiger partial charge on any atom is -0.0677 e. The molecule has 4 unspecified atom stereocenters. The van der Waals surface area contributed by atoms with Gasteiger partial charge in [-0.05, 0) is 49.9 Å². The molecule has 1 aliphatic carbocycles. The van der Waals surface area contributed by atoms with Gasteiger partial charge >= 0.3 is 7.80 Å². The molecule has 3 aromatic rings. The maximum Gasteiger partial charge on any atom is 0.380 e. The topological polar surface area (TPSA) is 17.1 Å². The second-order valence-electron chi connectivity index (χ2n) is 7.51. The van der Waals surface area contributed by atoms with Gasteiger partial charge in [0.1, 0.15) is 0 Å². The van der Waals surface area contributed by atoms with Gasteiger partial charge in [0.05, 0.1) is 0 Å². The summed E-state index contributed by atoms with van der Waals surface area (Å²) < 4.78 is 13.8. The molecule has 1 saturated carbocycles. The molecule has 0 aromatic heterocycles. The lowest BCUT2D eigenvalue weighted by molar-refractivity contribution is 0.517. The summed E-state index contributed by atoms with van der Waals surface area (Å²) in [5.74, 6) is 0.547. The maximum atomic E-state index is 13.8. The molecule has 1 fully saturated rings. The average Bonchev–Trinajstić information content (AvgIpc) is 3.19. The normalized spacial score (nSPS) is 22.4. The maximum absolute atomic E-state index is 13.8. The number of hydrogen-bond acceptors (Lipinski definition) is 1. The number of hydrogen-bond donors (Lipinski definition) is 0. The third-order valence-corrected chi connectivity index (χ3v) is 11.2. The quantitative estimate of drug-likeness (QED) is 0.472. The fraction of sp³-hybridized carbons (Fsp3) is 0.280. The Labute approximate surface area is 170 Å². The molecule has 142 valence electrons. The van der Waals surface area contributed by atoms with Gasteiger partial charge in [0.25, 0.3) is 0 Å². The summed E-state index contributed by atoms with van der Waals surface area (Å²) in [6.07, 6.45) is 3.48. The molecule has 0 amide bonds. The van der Waals surface area contributed by atoms with Gasteiger partial charge in [-0.3, -0.25) is 0 Å². The highest BCUT2D eigenvalue weighted by Gasteiger charge is 2.51. The van der Waals surface area contributed by atoms with Crippen LogP contribution in [-0.2, 0) is 4.57 Å². The predicted octanol–water partition coefficient (Wildman–Crippen LogP) is 5.83. The van der Waals surface area contributed by atoms with Crippen LogP contribution in [0, 0.1) is 5.92 Å². The Morgan fingerprint density at radius 1 is 0.786 bits per heavy atom. The third-order valence-electron chi connectivity index (χ3n) is 5.92. The van der Waals surface area contributed by atoms with Crippen LogP contribution in [0.2, 0.25) is 0 Å². The molecule has 0 radical (unpaired) electrons. The first kappa shape index (κ1) is 19.5. The third kappa shape index (κ3) is 3.98. The molecule has 0 saturated heterocycles. The van der Waals surface area contributed by atoms with E-state index in [0.717, 1.165) is 11.7 Å². The van der Waals surface area contributed by atoms with E-state index in [9.17, 15) is 4.57 Å². The monoisotopic (exact) mass is 405 g/mol. The van der Waals surface area contributed by atoms with Crippen molar-refractivity contribution < 1.29 is 4.57 Å². The second-order valence-corrected chi connectivity index (χ2v) is 11.7. The predicted molar refractivity (Wildman–Crippen MR) is 123 cm³/mol. The van der Waals surface area contributed by atoms with Crippen LogP contribution in [0.1, 0.15) is 26.2 Å². The van der Waals surface area contributed by atoms with E-state index in [1.165, 1.54) is 23.5 Å². The molecule has 0 heterocycles. The Morgan fingerprint density at radius 2 is 1.29 bits per heavy atom. The molecule has 0 spiro atoms. The van der Waals surface area contributed by atoms with Crippen molar-refractivity contribution in [1.29, 1.82) is 0 Å². The van der Waals surface area contributed by atoms with Crippen molar-refractivity contribution in [2.45, 2.75) is 37.5 Å². The van der Waals surface area contributed by atoms with Crippen molar-refractivity contribution >= 4 is 31.6 Å². The Bertz CT molecular complexity index is 856. The van der Waals surface area contributed by atoms with Crippen LogP contribution in [0.25, 0.3) is 0 Å². The summed E-state index contributed by atoms with van der Waals surface area (Å²) >= 11 is 0. The molecule has 3 heteroatoms. The Kier molecular flexibility index (Phi) is 6.36. The largest absolute Gasteiger partial charge is 0.380 e. The van der Waals surface area contributed by atoms with Gasteiger partial charge in [0, 0.05) is 11.6 Å². The molecular formula is C25H27OP2+. The van der Waals surface area contributed by atoms with Crippen molar-refractivity contribution in [3.05, 3.63) is 91.0 Å². The number of rotatable bonds is 6. The van der Waals surface area contributed by atoms with Gasteiger partial charge in [-0.15, -0.1) is 0 Å². The molecule has 3 aromatic carbocycles. The lowest BCUT2D eigenvalue weighted by Crippen LogP contribution is -2.30. The summed E-state index contributed by atoms with van der Waals surface area (Å²) in [7, 11) is -1.94. The van der Waals surface area contributed by atoms with Crippen LogP contribution < -0.4 is 15.9 Å². The van der Waals surface area contributed by atoms with Gasteiger partial charge in [-0.25, -0.2) is 0 Å². The highest BCUT2D eigenvalue weighted by atomic mass is 31.1. The zero-order valence-corrected chi connectivity index (χ0v) is 18.1. The van der Waals surface area contributed by atoms with Crippen molar-refractivity contribution in [3.63, 3.8) is 0 Å². The van der Waals surface area contributed by atoms with Crippen molar-refractivity contribution in [2.24, 2.45) is 5.92 Å². The van der Waals surface area contributed by atoms with E-state index in [1.807, 2.05) is 30.3 Å². The summed E-state index contributed by atoms with van der Waals surface area (Å²) in [5, 5.41) is 3.84. The molecular weight excluding hydrogens is 378 g/mol. The van der Waals surface area contributed by atoms with Crippen LogP contribution in [0.15, 0.2) is 91.0 Å². The van der Waals surface area contributed by atoms with E-state index in [-0.39, 0.29) is 5.66 Å². The number of benzene rings is 3. The molecule has 0 bridgehead atoms. The van der Waals surface area contributed by atoms with E-state index in [0.29, 0.717) is 11.6 Å². The van der Waals surface area contributed by atoms with Crippen LogP contribution in [0.5, 0.6) is 0 Å². The molecule has 4 atom stereocenters. The van der Waals surface area contributed by atoms with E-state index < -0.39 is 15.7 Å². The summed E-state index contributed by atoms with van der Waals surface area (Å²) in [6, 6.07) is 32.0. The summed E-state index contributed by atoms with van der Waals surface area (Å²) in [6.45, 7) is 2.27. The highest BCUT2D eigenvalue weighted by molar-refractivity contribution is 7.74. The van der Waals surface area contributed by atoms with Gasteiger partial charge in [-0.1, -0.05) is 90.4 Å². The fourth-order valence-corrected chi connectivity index (χ4v) is 10.4. The first-order chi connectivity index (χ1) is 13.8. The Morgan fingerprint density at radius 3 is 1.79 bits per heavy atom. The molecule has 0 aliphatic heterocycles. The minimum atomic E-state index is -1.41. The second kappa shape index (κ2) is 9.13. The fourth-order valence-electron chi connectivity index (χ4n) is 4.57. The lowest BCUT2D eigenvalue weighted by atomic mass is 10.1. The van der Waals surface area contributed by atoms with Gasteiger partial charge in [0.2, 0.25) is 0 Å². The van der Waals surface area contributed by atoms with E-state index in [2.05, 4.69) is 67.6 Å². The Hall–Kier alpha value is -1.81. The van der Waals surface area contributed by atoms with Gasteiger partial charge in [-0.2, -0.15) is 0 Å². The van der Waals surface area contributed by atoms with Crippen molar-refractivity contribution in [1.82, 2.24) is 0 Å². The van der Waals surface area contributed by atoms with Gasteiger partial charge in [0.15, 0.2) is 11.0 Å². The zero-order valence-electron chi connectivity index (χ0n) is 16.3. The van der Waals surface area contributed by atoms with E-state index in [4.69, 9.17) is 0 Å². The average molecular weight is 405 g/mol. The van der Waals surface area contributed by atoms with E-state index >= 15 is 0 Å². The van der Waals surface area contributed by atoms with Crippen LogP contribution in [0.3, 0.4) is 0 Å². The highest BCUT2D eigenvalue weighted by Crippen LogP contribution is 2.56. The minimum absolute atomic E-state index is 0.258. The van der Waals surface area contributed by atoms with Crippen LogP contribution in [-0.4, -0.2) is 11.3 Å². The standard InChI is InChI=1S/C25H27OP2/c1-2-20-18-19-24(25(20)28(26)23-16-10-5-11-17-23)27(21-12-6-3-7-13-21)22-14-8-4-9-15-22/h3-17,20,24-25H,2,18-19H2,1H3/q+1. The first-order valence-electron chi connectivity index (χ1n) is 10.2. The summed E-state index contributed by atoms with van der Waals surface area (Å²) in [4.78, 5) is 0. The van der Waals surface area contributed by atoms with Crippen molar-refractivity contribution in [3.8, 4) is 0 Å².